The smallest absolute Gasteiger partial charge is 0.192 e. The van der Waals surface area contributed by atoms with Gasteiger partial charge in [-0.25, -0.2) is 0 Å². The van der Waals surface area contributed by atoms with E-state index in [-0.39, 0.29) is 0 Å². The molecule has 0 aromatic rings. The van der Waals surface area contributed by atoms with Gasteiger partial charge in [0.1, 0.15) is 0 Å². The molecule has 0 aliphatic heterocycles. The SMILES string of the molecule is C=C.CC1(C)CC1CSC(=O)C1CCC2(C)CC2C1.CN. The molecule has 2 nitrogen and oxygen atoms in total. The second-order valence-corrected chi connectivity index (χ2v) is 8.57. The summed E-state index contributed by atoms with van der Waals surface area (Å²) in [4.78, 5) is 12.2. The van der Waals surface area contributed by atoms with Crippen LogP contribution in [0.4, 0.5) is 0 Å². The Morgan fingerprint density at radius 1 is 1.24 bits per heavy atom. The van der Waals surface area contributed by atoms with E-state index in [1.165, 1.54) is 32.7 Å². The predicted octanol–water partition coefficient (Wildman–Crippen LogP) is 4.50. The van der Waals surface area contributed by atoms with Crippen molar-refractivity contribution in [3.63, 3.8) is 0 Å². The van der Waals surface area contributed by atoms with Gasteiger partial charge in [0, 0.05) is 11.7 Å². The third kappa shape index (κ3) is 4.59. The molecule has 3 fully saturated rings. The molecular formula is C18H33NOS. The zero-order valence-corrected chi connectivity index (χ0v) is 15.1. The molecule has 4 atom stereocenters. The van der Waals surface area contributed by atoms with Gasteiger partial charge in [-0.1, -0.05) is 32.5 Å². The van der Waals surface area contributed by atoms with Crippen LogP contribution < -0.4 is 5.73 Å². The number of fused-ring (bicyclic) bond motifs is 1. The van der Waals surface area contributed by atoms with Crippen molar-refractivity contribution in [3.8, 4) is 0 Å². The van der Waals surface area contributed by atoms with Gasteiger partial charge in [-0.3, -0.25) is 4.79 Å². The van der Waals surface area contributed by atoms with Gasteiger partial charge in [-0.15, -0.1) is 13.2 Å². The maximum absolute atomic E-state index is 12.2. The van der Waals surface area contributed by atoms with Gasteiger partial charge in [0.05, 0.1) is 0 Å². The molecule has 0 saturated heterocycles. The Balaban J connectivity index is 0.000000510. The molecule has 122 valence electrons. The molecule has 0 aromatic carbocycles. The van der Waals surface area contributed by atoms with Crippen molar-refractivity contribution in [3.05, 3.63) is 13.2 Å². The first kappa shape index (κ1) is 18.8. The zero-order valence-electron chi connectivity index (χ0n) is 14.3. The summed E-state index contributed by atoms with van der Waals surface area (Å²) in [6.07, 6.45) is 6.35. The maximum atomic E-state index is 12.2. The van der Waals surface area contributed by atoms with E-state index in [0.717, 1.165) is 24.0 Å². The Labute approximate surface area is 135 Å². The third-order valence-electron chi connectivity index (χ3n) is 5.65. The Morgan fingerprint density at radius 2 is 1.81 bits per heavy atom. The van der Waals surface area contributed by atoms with Crippen LogP contribution in [0, 0.1) is 28.6 Å². The number of nitrogens with two attached hydrogens (primary N) is 1. The van der Waals surface area contributed by atoms with E-state index >= 15 is 0 Å². The van der Waals surface area contributed by atoms with E-state index in [1.807, 2.05) is 0 Å². The van der Waals surface area contributed by atoms with E-state index in [4.69, 9.17) is 0 Å². The Hall–Kier alpha value is -0.280. The molecule has 0 aromatic heterocycles. The number of carbonyl (C=O) groups is 1. The summed E-state index contributed by atoms with van der Waals surface area (Å²) in [5.41, 5.74) is 5.66. The van der Waals surface area contributed by atoms with Crippen LogP contribution in [-0.2, 0) is 4.79 Å². The van der Waals surface area contributed by atoms with Crippen LogP contribution in [0.3, 0.4) is 0 Å². The van der Waals surface area contributed by atoms with Crippen molar-refractivity contribution in [2.75, 3.05) is 12.8 Å². The van der Waals surface area contributed by atoms with Crippen LogP contribution in [0.5, 0.6) is 0 Å². The fourth-order valence-corrected chi connectivity index (χ4v) is 4.90. The number of hydrogen-bond acceptors (Lipinski definition) is 3. The van der Waals surface area contributed by atoms with Gasteiger partial charge in [0.25, 0.3) is 0 Å². The highest BCUT2D eigenvalue weighted by Crippen LogP contribution is 2.62. The normalized spacial score (nSPS) is 37.9. The molecule has 3 rings (SSSR count). The lowest BCUT2D eigenvalue weighted by Gasteiger charge is -2.24. The van der Waals surface area contributed by atoms with Crippen molar-refractivity contribution in [1.82, 2.24) is 0 Å². The van der Waals surface area contributed by atoms with E-state index in [2.05, 4.69) is 39.7 Å². The highest BCUT2D eigenvalue weighted by Gasteiger charge is 2.54. The van der Waals surface area contributed by atoms with E-state index in [9.17, 15) is 4.79 Å². The second kappa shape index (κ2) is 7.32. The number of carbonyl (C=O) groups excluding carboxylic acids is 1. The first-order chi connectivity index (χ1) is 9.91. The summed E-state index contributed by atoms with van der Waals surface area (Å²) in [5, 5.41) is 0.502. The minimum Gasteiger partial charge on any atom is -0.333 e. The van der Waals surface area contributed by atoms with Crippen molar-refractivity contribution in [1.29, 1.82) is 0 Å². The Bertz CT molecular complexity index is 368. The predicted molar refractivity (Wildman–Crippen MR) is 94.3 cm³/mol. The molecule has 0 amide bonds. The van der Waals surface area contributed by atoms with Crippen LogP contribution in [0.2, 0.25) is 0 Å². The molecular weight excluding hydrogens is 278 g/mol. The lowest BCUT2D eigenvalue weighted by Crippen LogP contribution is -2.20. The fraction of sp³-hybridized carbons (Fsp3) is 0.833. The van der Waals surface area contributed by atoms with Crippen LogP contribution in [0.25, 0.3) is 0 Å². The van der Waals surface area contributed by atoms with Crippen molar-refractivity contribution in [2.24, 2.45) is 34.3 Å². The van der Waals surface area contributed by atoms with Gasteiger partial charge in [-0.2, -0.15) is 0 Å². The Kier molecular flexibility index (Phi) is 6.54. The molecule has 4 unspecified atom stereocenters. The minimum absolute atomic E-state index is 0.391. The summed E-state index contributed by atoms with van der Waals surface area (Å²) < 4.78 is 0. The summed E-state index contributed by atoms with van der Waals surface area (Å²) in [7, 11) is 1.50. The van der Waals surface area contributed by atoms with Gasteiger partial charge >= 0.3 is 0 Å². The summed E-state index contributed by atoms with van der Waals surface area (Å²) >= 11 is 1.64. The lowest BCUT2D eigenvalue weighted by atomic mass is 9.83. The molecule has 0 bridgehead atoms. The van der Waals surface area contributed by atoms with E-state index in [0.29, 0.717) is 21.9 Å². The number of rotatable bonds is 3. The van der Waals surface area contributed by atoms with Gasteiger partial charge in [0.2, 0.25) is 0 Å². The molecule has 0 heterocycles. The first-order valence-electron chi connectivity index (χ1n) is 8.15. The lowest BCUT2D eigenvalue weighted by molar-refractivity contribution is -0.115. The number of hydrogen-bond donors (Lipinski definition) is 1. The summed E-state index contributed by atoms with van der Waals surface area (Å²) in [6.45, 7) is 13.0. The Morgan fingerprint density at radius 3 is 2.29 bits per heavy atom. The monoisotopic (exact) mass is 311 g/mol. The molecule has 0 radical (unpaired) electrons. The fourth-order valence-electron chi connectivity index (χ4n) is 3.52. The minimum atomic E-state index is 0.391. The van der Waals surface area contributed by atoms with Crippen LogP contribution in [0.1, 0.15) is 52.9 Å². The average molecular weight is 312 g/mol. The van der Waals surface area contributed by atoms with Gasteiger partial charge in [0.15, 0.2) is 5.12 Å². The standard InChI is InChI=1S/C15H24OS.C2H4.CH5N/c1-14(2)7-12(14)9-17-13(16)10-4-5-15(3)8-11(15)6-10;2*1-2/h10-12H,4-9H2,1-3H3;1-2H2;2H2,1H3. The molecule has 3 aliphatic rings. The quantitative estimate of drug-likeness (QED) is 0.781. The van der Waals surface area contributed by atoms with Crippen LogP contribution in [-0.4, -0.2) is 17.9 Å². The highest BCUT2D eigenvalue weighted by molar-refractivity contribution is 8.13. The summed E-state index contributed by atoms with van der Waals surface area (Å²) in [6, 6.07) is 0. The third-order valence-corrected chi connectivity index (χ3v) is 6.84. The first-order valence-corrected chi connectivity index (χ1v) is 9.14. The largest absolute Gasteiger partial charge is 0.333 e. The zero-order chi connectivity index (χ0) is 16.3. The molecule has 3 heteroatoms. The van der Waals surface area contributed by atoms with Gasteiger partial charge in [-0.05, 0) is 61.8 Å². The van der Waals surface area contributed by atoms with Crippen LogP contribution >= 0.6 is 11.8 Å². The van der Waals surface area contributed by atoms with Crippen molar-refractivity contribution < 1.29 is 4.79 Å². The van der Waals surface area contributed by atoms with E-state index in [1.54, 1.807) is 11.8 Å². The second-order valence-electron chi connectivity index (χ2n) is 7.55. The molecule has 21 heavy (non-hydrogen) atoms. The molecule has 3 aliphatic carbocycles. The van der Waals surface area contributed by atoms with Crippen molar-refractivity contribution >= 4 is 16.9 Å². The summed E-state index contributed by atoms with van der Waals surface area (Å²) in [5.74, 6) is 3.14. The van der Waals surface area contributed by atoms with E-state index < -0.39 is 0 Å². The van der Waals surface area contributed by atoms with Crippen LogP contribution in [0.15, 0.2) is 13.2 Å². The highest BCUT2D eigenvalue weighted by atomic mass is 32.2. The maximum Gasteiger partial charge on any atom is 0.192 e. The molecule has 3 saturated carbocycles. The molecule has 0 spiro atoms. The topological polar surface area (TPSA) is 43.1 Å². The molecule has 2 N–H and O–H groups in total. The number of thioether (sulfide) groups is 1. The van der Waals surface area contributed by atoms with Crippen molar-refractivity contribution in [2.45, 2.75) is 52.9 Å². The van der Waals surface area contributed by atoms with Gasteiger partial charge < -0.3 is 5.73 Å². The average Bonchev–Trinajstić information content (AvgIpc) is 3.34.